The Labute approximate surface area is 115 Å². The van der Waals surface area contributed by atoms with E-state index in [9.17, 15) is 4.79 Å². The molecule has 1 aliphatic heterocycles. The van der Waals surface area contributed by atoms with Gasteiger partial charge in [-0.3, -0.25) is 4.79 Å². The lowest BCUT2D eigenvalue weighted by atomic mass is 10.1. The molecule has 2 unspecified atom stereocenters. The van der Waals surface area contributed by atoms with Gasteiger partial charge in [0.15, 0.2) is 0 Å². The SMILES string of the molecule is CCC(C)N(CC)C(=O)C1CNc2ccccc2N1. The molecule has 1 aliphatic rings. The van der Waals surface area contributed by atoms with E-state index < -0.39 is 0 Å². The molecular formula is C15H23N3O. The van der Waals surface area contributed by atoms with Crippen molar-refractivity contribution in [1.29, 1.82) is 0 Å². The predicted octanol–water partition coefficient (Wildman–Crippen LogP) is 2.54. The fourth-order valence-electron chi connectivity index (χ4n) is 2.47. The van der Waals surface area contributed by atoms with Crippen LogP contribution in [-0.2, 0) is 4.79 Å². The third-order valence-electron chi connectivity index (χ3n) is 3.80. The zero-order valence-electron chi connectivity index (χ0n) is 11.9. The zero-order chi connectivity index (χ0) is 13.8. The molecule has 4 heteroatoms. The first-order valence-electron chi connectivity index (χ1n) is 7.07. The number of para-hydroxylation sites is 2. The van der Waals surface area contributed by atoms with Gasteiger partial charge >= 0.3 is 0 Å². The topological polar surface area (TPSA) is 44.4 Å². The number of hydrogen-bond donors (Lipinski definition) is 2. The summed E-state index contributed by atoms with van der Waals surface area (Å²) >= 11 is 0. The Morgan fingerprint density at radius 3 is 2.68 bits per heavy atom. The molecule has 4 nitrogen and oxygen atoms in total. The minimum Gasteiger partial charge on any atom is -0.381 e. The van der Waals surface area contributed by atoms with Crippen LogP contribution in [0.25, 0.3) is 0 Å². The molecule has 104 valence electrons. The standard InChI is InChI=1S/C15H23N3O/c1-4-11(3)18(5-2)15(19)14-10-16-12-8-6-7-9-13(12)17-14/h6-9,11,14,16-17H,4-5,10H2,1-3H3. The third kappa shape index (κ3) is 2.83. The fourth-order valence-corrected chi connectivity index (χ4v) is 2.47. The molecule has 0 saturated carbocycles. The maximum atomic E-state index is 12.6. The van der Waals surface area contributed by atoms with E-state index in [0.717, 1.165) is 24.3 Å². The number of carbonyl (C=O) groups is 1. The first-order chi connectivity index (χ1) is 9.17. The van der Waals surface area contributed by atoms with Gasteiger partial charge in [-0.05, 0) is 32.4 Å². The highest BCUT2D eigenvalue weighted by Gasteiger charge is 2.28. The third-order valence-corrected chi connectivity index (χ3v) is 3.80. The molecule has 1 aromatic carbocycles. The van der Waals surface area contributed by atoms with Crippen LogP contribution in [-0.4, -0.2) is 36.0 Å². The summed E-state index contributed by atoms with van der Waals surface area (Å²) in [4.78, 5) is 14.5. The Bertz CT molecular complexity index is 447. The molecule has 0 spiro atoms. The van der Waals surface area contributed by atoms with Gasteiger partial charge in [0.1, 0.15) is 6.04 Å². The lowest BCUT2D eigenvalue weighted by Gasteiger charge is -2.34. The Morgan fingerprint density at radius 2 is 2.05 bits per heavy atom. The van der Waals surface area contributed by atoms with Crippen molar-refractivity contribution in [2.24, 2.45) is 0 Å². The highest BCUT2D eigenvalue weighted by atomic mass is 16.2. The average molecular weight is 261 g/mol. The lowest BCUT2D eigenvalue weighted by molar-refractivity contribution is -0.133. The number of benzene rings is 1. The van der Waals surface area contributed by atoms with Crippen molar-refractivity contribution >= 4 is 17.3 Å². The highest BCUT2D eigenvalue weighted by Crippen LogP contribution is 2.26. The van der Waals surface area contributed by atoms with Gasteiger partial charge in [0.05, 0.1) is 11.4 Å². The summed E-state index contributed by atoms with van der Waals surface area (Å²) in [6.07, 6.45) is 0.982. The lowest BCUT2D eigenvalue weighted by Crippen LogP contribution is -2.50. The second-order valence-electron chi connectivity index (χ2n) is 5.00. The molecule has 19 heavy (non-hydrogen) atoms. The molecule has 1 aromatic rings. The molecule has 0 aliphatic carbocycles. The van der Waals surface area contributed by atoms with Crippen LogP contribution in [0.15, 0.2) is 24.3 Å². The predicted molar refractivity (Wildman–Crippen MR) is 79.5 cm³/mol. The van der Waals surface area contributed by atoms with Crippen LogP contribution in [0, 0.1) is 0 Å². The van der Waals surface area contributed by atoms with Gasteiger partial charge in [-0.2, -0.15) is 0 Å². The number of hydrogen-bond acceptors (Lipinski definition) is 3. The Kier molecular flexibility index (Phi) is 4.30. The summed E-state index contributed by atoms with van der Waals surface area (Å²) in [5.74, 6) is 0.179. The second kappa shape index (κ2) is 5.95. The van der Waals surface area contributed by atoms with E-state index in [4.69, 9.17) is 0 Å². The van der Waals surface area contributed by atoms with Crippen LogP contribution < -0.4 is 10.6 Å². The monoisotopic (exact) mass is 261 g/mol. The van der Waals surface area contributed by atoms with E-state index >= 15 is 0 Å². The van der Waals surface area contributed by atoms with Crippen molar-refractivity contribution in [3.05, 3.63) is 24.3 Å². The number of nitrogens with one attached hydrogen (secondary N) is 2. The highest BCUT2D eigenvalue weighted by molar-refractivity contribution is 5.88. The minimum absolute atomic E-state index is 0.177. The first kappa shape index (κ1) is 13.7. The molecule has 2 N–H and O–H groups in total. The number of carbonyl (C=O) groups excluding carboxylic acids is 1. The summed E-state index contributed by atoms with van der Waals surface area (Å²) in [7, 11) is 0. The molecule has 0 bridgehead atoms. The molecule has 1 amide bonds. The van der Waals surface area contributed by atoms with Crippen molar-refractivity contribution in [3.8, 4) is 0 Å². The molecule has 0 fully saturated rings. The minimum atomic E-state index is -0.177. The van der Waals surface area contributed by atoms with Crippen molar-refractivity contribution in [3.63, 3.8) is 0 Å². The van der Waals surface area contributed by atoms with E-state index in [2.05, 4.69) is 24.5 Å². The first-order valence-corrected chi connectivity index (χ1v) is 7.07. The molecule has 0 radical (unpaired) electrons. The van der Waals surface area contributed by atoms with Crippen LogP contribution in [0.1, 0.15) is 27.2 Å². The number of amides is 1. The van der Waals surface area contributed by atoms with Crippen molar-refractivity contribution < 1.29 is 4.79 Å². The smallest absolute Gasteiger partial charge is 0.247 e. The van der Waals surface area contributed by atoms with Gasteiger partial charge in [0.25, 0.3) is 0 Å². The number of anilines is 2. The van der Waals surface area contributed by atoms with Crippen LogP contribution in [0.3, 0.4) is 0 Å². The number of rotatable bonds is 4. The van der Waals surface area contributed by atoms with Gasteiger partial charge in [0, 0.05) is 19.1 Å². The van der Waals surface area contributed by atoms with Crippen molar-refractivity contribution in [2.45, 2.75) is 39.3 Å². The van der Waals surface area contributed by atoms with Crippen LogP contribution in [0.5, 0.6) is 0 Å². The summed E-state index contributed by atoms with van der Waals surface area (Å²) < 4.78 is 0. The normalized spacial score (nSPS) is 18.8. The van der Waals surface area contributed by atoms with Gasteiger partial charge in [0.2, 0.25) is 5.91 Å². The van der Waals surface area contributed by atoms with Gasteiger partial charge in [-0.15, -0.1) is 0 Å². The summed E-state index contributed by atoms with van der Waals surface area (Å²) in [5, 5.41) is 6.66. The van der Waals surface area contributed by atoms with E-state index in [1.165, 1.54) is 0 Å². The second-order valence-corrected chi connectivity index (χ2v) is 5.00. The van der Waals surface area contributed by atoms with Crippen LogP contribution in [0.2, 0.25) is 0 Å². The summed E-state index contributed by atoms with van der Waals surface area (Å²) in [6, 6.07) is 8.11. The Hall–Kier alpha value is -1.71. The molecule has 0 aromatic heterocycles. The Morgan fingerprint density at radius 1 is 1.37 bits per heavy atom. The molecule has 0 saturated heterocycles. The number of nitrogens with zero attached hydrogens (tertiary/aromatic N) is 1. The summed E-state index contributed by atoms with van der Waals surface area (Å²) in [5.41, 5.74) is 2.07. The van der Waals surface area contributed by atoms with Gasteiger partial charge < -0.3 is 15.5 Å². The molecule has 2 atom stereocenters. The largest absolute Gasteiger partial charge is 0.381 e. The average Bonchev–Trinajstić information content (AvgIpc) is 2.47. The number of fused-ring (bicyclic) bond motifs is 1. The van der Waals surface area contributed by atoms with E-state index in [1.807, 2.05) is 36.1 Å². The van der Waals surface area contributed by atoms with Gasteiger partial charge in [-0.25, -0.2) is 0 Å². The van der Waals surface area contributed by atoms with E-state index in [-0.39, 0.29) is 18.0 Å². The number of likely N-dealkylation sites (N-methyl/N-ethyl adjacent to an activating group) is 1. The maximum Gasteiger partial charge on any atom is 0.247 e. The molecule has 2 rings (SSSR count). The molecular weight excluding hydrogens is 238 g/mol. The fraction of sp³-hybridized carbons (Fsp3) is 0.533. The van der Waals surface area contributed by atoms with E-state index in [1.54, 1.807) is 0 Å². The summed E-state index contributed by atoms with van der Waals surface area (Å²) in [6.45, 7) is 7.65. The van der Waals surface area contributed by atoms with Crippen LogP contribution in [0.4, 0.5) is 11.4 Å². The molecule has 1 heterocycles. The Balaban J connectivity index is 2.09. The van der Waals surface area contributed by atoms with Crippen molar-refractivity contribution in [2.75, 3.05) is 23.7 Å². The zero-order valence-corrected chi connectivity index (χ0v) is 11.9. The van der Waals surface area contributed by atoms with Crippen LogP contribution >= 0.6 is 0 Å². The van der Waals surface area contributed by atoms with E-state index in [0.29, 0.717) is 6.54 Å². The maximum absolute atomic E-state index is 12.6. The quantitative estimate of drug-likeness (QED) is 0.875. The van der Waals surface area contributed by atoms with Gasteiger partial charge in [-0.1, -0.05) is 19.1 Å². The van der Waals surface area contributed by atoms with Crippen molar-refractivity contribution in [1.82, 2.24) is 4.90 Å².